The number of hydrogen-bond donors (Lipinski definition) is 0. The first-order valence-electron chi connectivity index (χ1n) is 8.47. The number of rotatable bonds is 2. The first-order chi connectivity index (χ1) is 11.7. The van der Waals surface area contributed by atoms with Crippen LogP contribution in [0, 0.1) is 0 Å². The Morgan fingerprint density at radius 1 is 1.25 bits per heavy atom. The molecule has 0 saturated carbocycles. The number of hydrogen-bond acceptors (Lipinski definition) is 4. The van der Waals surface area contributed by atoms with Gasteiger partial charge in [0, 0.05) is 38.4 Å². The molecule has 2 aromatic rings. The number of carbonyl (C=O) groups is 1. The van der Waals surface area contributed by atoms with Gasteiger partial charge in [-0.15, -0.1) is 0 Å². The molecule has 126 valence electrons. The molecule has 0 bridgehead atoms. The predicted octanol–water partition coefficient (Wildman–Crippen LogP) is 1.81. The van der Waals surface area contributed by atoms with Gasteiger partial charge >= 0.3 is 0 Å². The van der Waals surface area contributed by atoms with Crippen LogP contribution in [0.25, 0.3) is 0 Å². The van der Waals surface area contributed by atoms with E-state index in [9.17, 15) is 4.79 Å². The van der Waals surface area contributed by atoms with Crippen molar-refractivity contribution in [2.24, 2.45) is 7.05 Å². The molecule has 6 nitrogen and oxygen atoms in total. The summed E-state index contributed by atoms with van der Waals surface area (Å²) < 4.78 is 7.58. The third-order valence-corrected chi connectivity index (χ3v) is 4.84. The smallest absolute Gasteiger partial charge is 0.244 e. The average molecular weight is 326 g/mol. The lowest BCUT2D eigenvalue weighted by atomic mass is 10.0. The molecule has 0 radical (unpaired) electrons. The summed E-state index contributed by atoms with van der Waals surface area (Å²) in [6.45, 7) is 2.91. The van der Waals surface area contributed by atoms with Crippen molar-refractivity contribution in [1.29, 1.82) is 0 Å². The van der Waals surface area contributed by atoms with E-state index >= 15 is 0 Å². The van der Waals surface area contributed by atoms with Gasteiger partial charge in [0.15, 0.2) is 0 Å². The van der Waals surface area contributed by atoms with E-state index in [1.165, 1.54) is 0 Å². The predicted molar refractivity (Wildman–Crippen MR) is 90.9 cm³/mol. The normalized spacial score (nSPS) is 22.0. The highest BCUT2D eigenvalue weighted by Gasteiger charge is 2.35. The summed E-state index contributed by atoms with van der Waals surface area (Å²) >= 11 is 0. The maximum atomic E-state index is 13.1. The zero-order valence-electron chi connectivity index (χ0n) is 13.9. The third kappa shape index (κ3) is 2.78. The van der Waals surface area contributed by atoms with Crippen LogP contribution < -0.4 is 9.64 Å². The Balaban J connectivity index is 1.56. The lowest BCUT2D eigenvalue weighted by Gasteiger charge is -2.37. The average Bonchev–Trinajstić information content (AvgIpc) is 2.90. The zero-order valence-corrected chi connectivity index (χ0v) is 13.9. The second kappa shape index (κ2) is 6.28. The first-order valence-corrected chi connectivity index (χ1v) is 8.47. The highest BCUT2D eigenvalue weighted by Crippen LogP contribution is 2.28. The van der Waals surface area contributed by atoms with E-state index in [4.69, 9.17) is 4.74 Å². The van der Waals surface area contributed by atoms with Crippen LogP contribution in [-0.4, -0.2) is 46.3 Å². The number of carbonyl (C=O) groups excluding carboxylic acids is 1. The molecule has 1 saturated heterocycles. The molecule has 0 N–H and O–H groups in total. The highest BCUT2D eigenvalue weighted by molar-refractivity contribution is 5.97. The van der Waals surface area contributed by atoms with Gasteiger partial charge in [0.2, 0.25) is 5.91 Å². The molecule has 24 heavy (non-hydrogen) atoms. The molecule has 0 unspecified atom stereocenters. The quantitative estimate of drug-likeness (QED) is 0.844. The Bertz CT molecular complexity index is 742. The Morgan fingerprint density at radius 2 is 2.12 bits per heavy atom. The van der Waals surface area contributed by atoms with Crippen LogP contribution in [0.15, 0.2) is 36.7 Å². The largest absolute Gasteiger partial charge is 0.492 e. The van der Waals surface area contributed by atoms with Crippen LogP contribution in [0.2, 0.25) is 0 Å². The number of ether oxygens (including phenoxy) is 1. The fourth-order valence-corrected chi connectivity index (χ4v) is 3.61. The molecule has 1 amide bonds. The van der Waals surface area contributed by atoms with Gasteiger partial charge in [-0.05, 0) is 18.9 Å². The Morgan fingerprint density at radius 3 is 2.96 bits per heavy atom. The minimum Gasteiger partial charge on any atom is -0.492 e. The monoisotopic (exact) mass is 326 g/mol. The van der Waals surface area contributed by atoms with E-state index in [2.05, 4.69) is 16.1 Å². The number of fused-ring (bicyclic) bond motifs is 1. The first kappa shape index (κ1) is 15.2. The summed E-state index contributed by atoms with van der Waals surface area (Å²) in [5.74, 6) is 1.11. The van der Waals surface area contributed by atoms with Crippen molar-refractivity contribution < 1.29 is 9.53 Å². The van der Waals surface area contributed by atoms with E-state index in [1.807, 2.05) is 36.3 Å². The summed E-state index contributed by atoms with van der Waals surface area (Å²) in [5, 5.41) is 4.20. The lowest BCUT2D eigenvalue weighted by molar-refractivity contribution is -0.125. The summed E-state index contributed by atoms with van der Waals surface area (Å²) in [7, 11) is 1.87. The van der Waals surface area contributed by atoms with Gasteiger partial charge < -0.3 is 9.64 Å². The third-order valence-electron chi connectivity index (χ3n) is 4.84. The van der Waals surface area contributed by atoms with Crippen molar-refractivity contribution in [3.05, 3.63) is 42.2 Å². The molecular weight excluding hydrogens is 304 g/mol. The molecule has 2 aliphatic rings. The molecule has 3 heterocycles. The number of para-hydroxylation sites is 1. The van der Waals surface area contributed by atoms with E-state index in [0.29, 0.717) is 6.61 Å². The van der Waals surface area contributed by atoms with Crippen LogP contribution in [0.4, 0.5) is 5.69 Å². The van der Waals surface area contributed by atoms with Crippen LogP contribution in [0.1, 0.15) is 18.4 Å². The fraction of sp³-hybridized carbons (Fsp3) is 0.444. The number of aromatic nitrogens is 2. The van der Waals surface area contributed by atoms with Crippen molar-refractivity contribution in [2.75, 3.05) is 24.6 Å². The fourth-order valence-electron chi connectivity index (χ4n) is 3.61. The summed E-state index contributed by atoms with van der Waals surface area (Å²) in [6, 6.07) is 8.01. The number of nitrogens with zero attached hydrogens (tertiary/aromatic N) is 4. The Hall–Kier alpha value is -2.34. The minimum absolute atomic E-state index is 0.0892. The van der Waals surface area contributed by atoms with Gasteiger partial charge in [0.25, 0.3) is 0 Å². The number of anilines is 1. The molecule has 4 rings (SSSR count). The number of amides is 1. The van der Waals surface area contributed by atoms with Crippen LogP contribution >= 0.6 is 0 Å². The van der Waals surface area contributed by atoms with E-state index < -0.39 is 0 Å². The number of benzene rings is 1. The molecule has 1 aromatic heterocycles. The summed E-state index contributed by atoms with van der Waals surface area (Å²) in [5.41, 5.74) is 2.04. The Labute approximate surface area is 141 Å². The van der Waals surface area contributed by atoms with Gasteiger partial charge in [-0.2, -0.15) is 5.10 Å². The second-order valence-corrected chi connectivity index (χ2v) is 6.45. The second-order valence-electron chi connectivity index (χ2n) is 6.45. The van der Waals surface area contributed by atoms with Gasteiger partial charge in [0.05, 0.1) is 17.9 Å². The van der Waals surface area contributed by atoms with Crippen molar-refractivity contribution in [3.63, 3.8) is 0 Å². The molecule has 1 fully saturated rings. The van der Waals surface area contributed by atoms with Crippen molar-refractivity contribution in [3.8, 4) is 5.75 Å². The van der Waals surface area contributed by atoms with Gasteiger partial charge in [0.1, 0.15) is 12.4 Å². The van der Waals surface area contributed by atoms with Crippen LogP contribution in [0.3, 0.4) is 0 Å². The SMILES string of the molecule is Cn1cc(N2CCC[C@@H](N3CCOc4ccccc4C3)C2=O)cn1. The minimum atomic E-state index is -0.0892. The molecule has 1 aromatic carbocycles. The molecule has 6 heteroatoms. The zero-order chi connectivity index (χ0) is 16.5. The van der Waals surface area contributed by atoms with Gasteiger partial charge in [-0.25, -0.2) is 0 Å². The number of aryl methyl sites for hydroxylation is 1. The maximum Gasteiger partial charge on any atom is 0.244 e. The molecule has 0 spiro atoms. The highest BCUT2D eigenvalue weighted by atomic mass is 16.5. The molecule has 0 aliphatic carbocycles. The van der Waals surface area contributed by atoms with Crippen LogP contribution in [-0.2, 0) is 18.4 Å². The molecular formula is C18H22N4O2. The van der Waals surface area contributed by atoms with Gasteiger partial charge in [-0.1, -0.05) is 18.2 Å². The maximum absolute atomic E-state index is 13.1. The van der Waals surface area contributed by atoms with Crippen molar-refractivity contribution in [1.82, 2.24) is 14.7 Å². The molecule has 1 atom stereocenters. The van der Waals surface area contributed by atoms with Crippen molar-refractivity contribution >= 4 is 11.6 Å². The van der Waals surface area contributed by atoms with E-state index in [0.717, 1.165) is 49.5 Å². The van der Waals surface area contributed by atoms with E-state index in [-0.39, 0.29) is 11.9 Å². The van der Waals surface area contributed by atoms with E-state index in [1.54, 1.807) is 10.9 Å². The van der Waals surface area contributed by atoms with Gasteiger partial charge in [-0.3, -0.25) is 14.4 Å². The summed E-state index contributed by atoms with van der Waals surface area (Å²) in [4.78, 5) is 17.2. The van der Waals surface area contributed by atoms with Crippen molar-refractivity contribution in [2.45, 2.75) is 25.4 Å². The summed E-state index contributed by atoms with van der Waals surface area (Å²) in [6.07, 6.45) is 5.57. The standard InChI is InChI=1S/C18H22N4O2/c1-20-13-15(11-19-20)22-8-4-6-16(18(22)23)21-9-10-24-17-7-3-2-5-14(17)12-21/h2-3,5,7,11,13,16H,4,6,8-10,12H2,1H3/t16-/m1/s1. The topological polar surface area (TPSA) is 50.6 Å². The Kier molecular flexibility index (Phi) is 3.98. The lowest BCUT2D eigenvalue weighted by Crippen LogP contribution is -2.52. The molecule has 2 aliphatic heterocycles. The number of piperidine rings is 1. The van der Waals surface area contributed by atoms with Crippen LogP contribution in [0.5, 0.6) is 5.75 Å².